The lowest BCUT2D eigenvalue weighted by Gasteiger charge is -2.21. The Bertz CT molecular complexity index is 700. The highest BCUT2D eigenvalue weighted by Gasteiger charge is 2.14. The third-order valence-electron chi connectivity index (χ3n) is 3.98. The van der Waals surface area contributed by atoms with Crippen LogP contribution in [0.5, 0.6) is 0 Å². The molecule has 0 bridgehead atoms. The number of rotatable bonds is 7. The first-order valence-electron chi connectivity index (χ1n) is 8.82. The van der Waals surface area contributed by atoms with Gasteiger partial charge in [0.15, 0.2) is 0 Å². The molecule has 1 N–H and O–H groups in total. The standard InChI is InChI=1S/C21H26N2O2/c1-4-14-23(15-5-2)21(25)18-10-12-19(13-11-18)22-20(24)17-8-6-16(3)7-9-17/h6-13H,4-5,14-15H2,1-3H3,(H,22,24). The summed E-state index contributed by atoms with van der Waals surface area (Å²) in [6, 6.07) is 14.5. The summed E-state index contributed by atoms with van der Waals surface area (Å²) in [7, 11) is 0. The van der Waals surface area contributed by atoms with Gasteiger partial charge in [0.05, 0.1) is 0 Å². The van der Waals surface area contributed by atoms with Crippen LogP contribution in [0.2, 0.25) is 0 Å². The predicted octanol–water partition coefficient (Wildman–Crippen LogP) is 4.51. The van der Waals surface area contributed by atoms with Gasteiger partial charge < -0.3 is 10.2 Å². The molecule has 0 saturated heterocycles. The van der Waals surface area contributed by atoms with Gasteiger partial charge in [-0.3, -0.25) is 9.59 Å². The van der Waals surface area contributed by atoms with Gasteiger partial charge in [0.25, 0.3) is 11.8 Å². The molecule has 0 radical (unpaired) electrons. The van der Waals surface area contributed by atoms with E-state index in [1.165, 1.54) is 0 Å². The van der Waals surface area contributed by atoms with Crippen LogP contribution in [0.3, 0.4) is 0 Å². The number of carbonyl (C=O) groups excluding carboxylic acids is 2. The van der Waals surface area contributed by atoms with E-state index in [4.69, 9.17) is 0 Å². The smallest absolute Gasteiger partial charge is 0.255 e. The normalized spacial score (nSPS) is 10.4. The summed E-state index contributed by atoms with van der Waals surface area (Å²) in [5.41, 5.74) is 3.06. The van der Waals surface area contributed by atoms with E-state index >= 15 is 0 Å². The van der Waals surface area contributed by atoms with Gasteiger partial charge in [0.2, 0.25) is 0 Å². The molecule has 4 heteroatoms. The average Bonchev–Trinajstić information content (AvgIpc) is 2.62. The maximum Gasteiger partial charge on any atom is 0.255 e. The zero-order valence-corrected chi connectivity index (χ0v) is 15.2. The maximum absolute atomic E-state index is 12.6. The molecule has 0 aromatic heterocycles. The molecule has 0 saturated carbocycles. The van der Waals surface area contributed by atoms with Crippen molar-refractivity contribution in [3.05, 3.63) is 65.2 Å². The summed E-state index contributed by atoms with van der Waals surface area (Å²) >= 11 is 0. The molecule has 2 rings (SSSR count). The SMILES string of the molecule is CCCN(CCC)C(=O)c1ccc(NC(=O)c2ccc(C)cc2)cc1. The van der Waals surface area contributed by atoms with Crippen LogP contribution in [0.4, 0.5) is 5.69 Å². The minimum atomic E-state index is -0.155. The Morgan fingerprint density at radius 2 is 1.36 bits per heavy atom. The van der Waals surface area contributed by atoms with E-state index in [2.05, 4.69) is 19.2 Å². The number of carbonyl (C=O) groups is 2. The Hall–Kier alpha value is -2.62. The van der Waals surface area contributed by atoms with Crippen LogP contribution < -0.4 is 5.32 Å². The highest BCUT2D eigenvalue weighted by molar-refractivity contribution is 6.04. The Morgan fingerprint density at radius 1 is 0.840 bits per heavy atom. The zero-order chi connectivity index (χ0) is 18.2. The molecule has 0 aliphatic heterocycles. The van der Waals surface area contributed by atoms with Crippen LogP contribution in [0.15, 0.2) is 48.5 Å². The predicted molar refractivity (Wildman–Crippen MR) is 102 cm³/mol. The summed E-state index contributed by atoms with van der Waals surface area (Å²) in [5, 5.41) is 2.86. The first-order valence-corrected chi connectivity index (χ1v) is 8.82. The van der Waals surface area contributed by atoms with Gasteiger partial charge >= 0.3 is 0 Å². The van der Waals surface area contributed by atoms with Gasteiger partial charge in [-0.15, -0.1) is 0 Å². The van der Waals surface area contributed by atoms with Gasteiger partial charge in [0, 0.05) is 29.9 Å². The van der Waals surface area contributed by atoms with Gasteiger partial charge in [-0.25, -0.2) is 0 Å². The van der Waals surface area contributed by atoms with Crippen LogP contribution in [0.1, 0.15) is 53.0 Å². The first-order chi connectivity index (χ1) is 12.0. The number of nitrogens with zero attached hydrogens (tertiary/aromatic N) is 1. The molecule has 0 atom stereocenters. The number of benzene rings is 2. The number of hydrogen-bond acceptors (Lipinski definition) is 2. The highest BCUT2D eigenvalue weighted by Crippen LogP contribution is 2.14. The lowest BCUT2D eigenvalue weighted by atomic mass is 10.1. The summed E-state index contributed by atoms with van der Waals surface area (Å²) in [6.07, 6.45) is 1.88. The monoisotopic (exact) mass is 338 g/mol. The van der Waals surface area contributed by atoms with E-state index in [0.717, 1.165) is 31.5 Å². The molecule has 25 heavy (non-hydrogen) atoms. The Morgan fingerprint density at radius 3 is 1.88 bits per heavy atom. The van der Waals surface area contributed by atoms with E-state index < -0.39 is 0 Å². The lowest BCUT2D eigenvalue weighted by molar-refractivity contribution is 0.0755. The molecule has 0 fully saturated rings. The number of hydrogen-bond donors (Lipinski definition) is 1. The second-order valence-electron chi connectivity index (χ2n) is 6.19. The highest BCUT2D eigenvalue weighted by atomic mass is 16.2. The van der Waals surface area contributed by atoms with Crippen molar-refractivity contribution in [3.8, 4) is 0 Å². The van der Waals surface area contributed by atoms with Gasteiger partial charge in [0.1, 0.15) is 0 Å². The number of amides is 2. The fourth-order valence-electron chi connectivity index (χ4n) is 2.64. The van der Waals surface area contributed by atoms with Crippen LogP contribution in [0, 0.1) is 6.92 Å². The third-order valence-corrected chi connectivity index (χ3v) is 3.98. The summed E-state index contributed by atoms with van der Waals surface area (Å²) in [4.78, 5) is 26.7. The summed E-state index contributed by atoms with van der Waals surface area (Å²) < 4.78 is 0. The third kappa shape index (κ3) is 5.18. The molecule has 0 aliphatic carbocycles. The van der Waals surface area contributed by atoms with E-state index in [1.807, 2.05) is 24.0 Å². The second-order valence-corrected chi connectivity index (χ2v) is 6.19. The molecular weight excluding hydrogens is 312 g/mol. The quantitative estimate of drug-likeness (QED) is 0.807. The number of anilines is 1. The van der Waals surface area contributed by atoms with Crippen molar-refractivity contribution < 1.29 is 9.59 Å². The minimum absolute atomic E-state index is 0.0418. The van der Waals surface area contributed by atoms with Crippen molar-refractivity contribution in [1.82, 2.24) is 4.90 Å². The van der Waals surface area contributed by atoms with Gasteiger partial charge in [-0.1, -0.05) is 31.5 Å². The molecule has 0 spiro atoms. The van der Waals surface area contributed by atoms with E-state index in [0.29, 0.717) is 16.8 Å². The molecular formula is C21H26N2O2. The van der Waals surface area contributed by atoms with Crippen LogP contribution in [0.25, 0.3) is 0 Å². The number of nitrogens with one attached hydrogen (secondary N) is 1. The van der Waals surface area contributed by atoms with E-state index in [-0.39, 0.29) is 11.8 Å². The molecule has 132 valence electrons. The number of aryl methyl sites for hydroxylation is 1. The van der Waals surface area contributed by atoms with Crippen molar-refractivity contribution >= 4 is 17.5 Å². The molecule has 2 aromatic rings. The van der Waals surface area contributed by atoms with Crippen LogP contribution in [-0.4, -0.2) is 29.8 Å². The summed E-state index contributed by atoms with van der Waals surface area (Å²) in [5.74, 6) is -0.113. The van der Waals surface area contributed by atoms with Gasteiger partial charge in [-0.05, 0) is 56.2 Å². The summed E-state index contributed by atoms with van der Waals surface area (Å²) in [6.45, 7) is 7.65. The maximum atomic E-state index is 12.6. The largest absolute Gasteiger partial charge is 0.339 e. The lowest BCUT2D eigenvalue weighted by Crippen LogP contribution is -2.32. The Balaban J connectivity index is 2.04. The zero-order valence-electron chi connectivity index (χ0n) is 15.2. The minimum Gasteiger partial charge on any atom is -0.339 e. The molecule has 2 amide bonds. The van der Waals surface area contributed by atoms with Crippen molar-refractivity contribution in [2.75, 3.05) is 18.4 Å². The van der Waals surface area contributed by atoms with Crippen LogP contribution >= 0.6 is 0 Å². The second kappa shape index (κ2) is 9.02. The molecule has 0 aliphatic rings. The van der Waals surface area contributed by atoms with Crippen molar-refractivity contribution in [2.45, 2.75) is 33.6 Å². The first kappa shape index (κ1) is 18.7. The van der Waals surface area contributed by atoms with Gasteiger partial charge in [-0.2, -0.15) is 0 Å². The van der Waals surface area contributed by atoms with Crippen molar-refractivity contribution in [2.24, 2.45) is 0 Å². The topological polar surface area (TPSA) is 49.4 Å². The molecule has 4 nitrogen and oxygen atoms in total. The van der Waals surface area contributed by atoms with Crippen LogP contribution in [-0.2, 0) is 0 Å². The molecule has 2 aromatic carbocycles. The Labute approximate surface area is 149 Å². The van der Waals surface area contributed by atoms with E-state index in [9.17, 15) is 9.59 Å². The molecule has 0 heterocycles. The van der Waals surface area contributed by atoms with Crippen molar-refractivity contribution in [3.63, 3.8) is 0 Å². The van der Waals surface area contributed by atoms with Crippen molar-refractivity contribution in [1.29, 1.82) is 0 Å². The Kier molecular flexibility index (Phi) is 6.75. The fraction of sp³-hybridized carbons (Fsp3) is 0.333. The fourth-order valence-corrected chi connectivity index (χ4v) is 2.64. The molecule has 0 unspecified atom stereocenters. The van der Waals surface area contributed by atoms with E-state index in [1.54, 1.807) is 36.4 Å². The average molecular weight is 338 g/mol.